The number of hydrogen-bond donors (Lipinski definition) is 1. The Hall–Kier alpha value is -2.05. The highest BCUT2D eigenvalue weighted by molar-refractivity contribution is 6.42. The number of aliphatic hydroxyl groups is 1. The molecule has 0 saturated carbocycles. The maximum Gasteiger partial charge on any atom is 0.416 e. The Morgan fingerprint density at radius 1 is 0.927 bits per heavy atom. The van der Waals surface area contributed by atoms with E-state index >= 15 is 0 Å². The monoisotopic (exact) mass is 625 g/mol. The van der Waals surface area contributed by atoms with Gasteiger partial charge in [-0.25, -0.2) is 0 Å². The summed E-state index contributed by atoms with van der Waals surface area (Å²) in [6.45, 7) is 5.38. The lowest BCUT2D eigenvalue weighted by atomic mass is 9.85. The molecule has 41 heavy (non-hydrogen) atoms. The van der Waals surface area contributed by atoms with Crippen molar-refractivity contribution in [3.63, 3.8) is 0 Å². The number of likely N-dealkylation sites (tertiary alicyclic amines) is 2. The molecule has 2 saturated heterocycles. The molecule has 2 aliphatic heterocycles. The first kappa shape index (κ1) is 31.9. The van der Waals surface area contributed by atoms with Crippen molar-refractivity contribution in [1.82, 2.24) is 14.7 Å². The molecular weight excluding hydrogens is 595 g/mol. The predicted molar refractivity (Wildman–Crippen MR) is 144 cm³/mol. The molecule has 2 heterocycles. The lowest BCUT2D eigenvalue weighted by Crippen LogP contribution is -2.61. The maximum absolute atomic E-state index is 13.6. The molecule has 2 aliphatic rings. The van der Waals surface area contributed by atoms with E-state index in [1.54, 1.807) is 19.1 Å². The van der Waals surface area contributed by atoms with Gasteiger partial charge in [-0.2, -0.15) is 26.3 Å². The van der Waals surface area contributed by atoms with Crippen LogP contribution < -0.4 is 0 Å². The van der Waals surface area contributed by atoms with Crippen LogP contribution in [0.3, 0.4) is 0 Å². The molecule has 0 bridgehead atoms. The van der Waals surface area contributed by atoms with Gasteiger partial charge >= 0.3 is 12.4 Å². The Labute approximate surface area is 244 Å². The summed E-state index contributed by atoms with van der Waals surface area (Å²) in [6, 6.07) is 5.95. The van der Waals surface area contributed by atoms with Gasteiger partial charge in [0.05, 0.1) is 32.8 Å². The number of piperidine rings is 1. The van der Waals surface area contributed by atoms with Crippen LogP contribution in [0.15, 0.2) is 36.4 Å². The predicted octanol–water partition coefficient (Wildman–Crippen LogP) is 6.55. The minimum absolute atomic E-state index is 0.00170. The third kappa shape index (κ3) is 7.13. The van der Waals surface area contributed by atoms with Crippen LogP contribution in [0, 0.1) is 0 Å². The zero-order valence-corrected chi connectivity index (χ0v) is 24.0. The quantitative estimate of drug-likeness (QED) is 0.355. The zero-order chi connectivity index (χ0) is 30.3. The summed E-state index contributed by atoms with van der Waals surface area (Å²) in [4.78, 5) is 19.3. The summed E-state index contributed by atoms with van der Waals surface area (Å²) in [5.41, 5.74) is -4.46. The average molecular weight is 626 g/mol. The van der Waals surface area contributed by atoms with Crippen molar-refractivity contribution in [3.8, 4) is 0 Å². The van der Waals surface area contributed by atoms with Gasteiger partial charge in [0.1, 0.15) is 0 Å². The second-order valence-electron chi connectivity index (χ2n) is 11.0. The lowest BCUT2D eigenvalue weighted by Gasteiger charge is -2.49. The van der Waals surface area contributed by atoms with E-state index < -0.39 is 40.5 Å². The second-order valence-corrected chi connectivity index (χ2v) is 11.8. The maximum atomic E-state index is 13.6. The van der Waals surface area contributed by atoms with E-state index in [9.17, 15) is 36.2 Å². The number of benzene rings is 2. The van der Waals surface area contributed by atoms with Crippen molar-refractivity contribution in [2.24, 2.45) is 0 Å². The summed E-state index contributed by atoms with van der Waals surface area (Å²) in [6.07, 6.45) is -8.66. The first-order chi connectivity index (χ1) is 19.0. The van der Waals surface area contributed by atoms with Gasteiger partial charge in [-0.1, -0.05) is 29.3 Å². The lowest BCUT2D eigenvalue weighted by molar-refractivity contribution is -0.143. The van der Waals surface area contributed by atoms with Gasteiger partial charge in [0, 0.05) is 51.4 Å². The standard InChI is InChI=1S/C28H31Cl2F6N3O2/c1-26(18-3-4-23(29)24(30)14-18,7-10-38-15-21(16-38)39-8-5-22(40)6-9-39)37(2)25(41)17-11-19(27(31,32)33)13-20(12-17)28(34,35)36/h3-4,11-14,21-22,40H,5-10,15-16H2,1-2H3/t26-/m0/s1. The highest BCUT2D eigenvalue weighted by Gasteiger charge is 2.41. The Morgan fingerprint density at radius 3 is 2.00 bits per heavy atom. The fourth-order valence-electron chi connectivity index (χ4n) is 5.42. The molecule has 5 nitrogen and oxygen atoms in total. The Balaban J connectivity index is 1.59. The third-order valence-electron chi connectivity index (χ3n) is 8.29. The number of aliphatic hydroxyl groups excluding tert-OH is 1. The van der Waals surface area contributed by atoms with E-state index in [1.807, 2.05) is 0 Å². The largest absolute Gasteiger partial charge is 0.416 e. The Kier molecular flexibility index (Phi) is 9.26. The summed E-state index contributed by atoms with van der Waals surface area (Å²) in [7, 11) is 1.36. The molecule has 1 amide bonds. The van der Waals surface area contributed by atoms with Crippen molar-refractivity contribution in [1.29, 1.82) is 0 Å². The van der Waals surface area contributed by atoms with Crippen LogP contribution in [0.2, 0.25) is 10.0 Å². The van der Waals surface area contributed by atoms with Crippen LogP contribution in [0.4, 0.5) is 26.3 Å². The van der Waals surface area contributed by atoms with Crippen molar-refractivity contribution in [3.05, 3.63) is 68.7 Å². The van der Waals surface area contributed by atoms with Crippen molar-refractivity contribution < 1.29 is 36.2 Å². The number of rotatable bonds is 7. The summed E-state index contributed by atoms with van der Waals surface area (Å²) in [5.74, 6) is -0.997. The summed E-state index contributed by atoms with van der Waals surface area (Å²) in [5, 5.41) is 10.2. The van der Waals surface area contributed by atoms with Gasteiger partial charge in [-0.05, 0) is 62.1 Å². The highest BCUT2D eigenvalue weighted by atomic mass is 35.5. The van der Waals surface area contributed by atoms with Gasteiger partial charge < -0.3 is 14.9 Å². The van der Waals surface area contributed by atoms with Crippen LogP contribution in [0.5, 0.6) is 0 Å². The van der Waals surface area contributed by atoms with E-state index in [4.69, 9.17) is 23.2 Å². The number of carbonyl (C=O) groups is 1. The van der Waals surface area contributed by atoms with Gasteiger partial charge in [0.2, 0.25) is 0 Å². The van der Waals surface area contributed by atoms with E-state index in [1.165, 1.54) is 18.0 Å². The number of carbonyl (C=O) groups excluding carboxylic acids is 1. The minimum Gasteiger partial charge on any atom is -0.393 e. The zero-order valence-electron chi connectivity index (χ0n) is 22.5. The molecule has 0 radical (unpaired) electrons. The van der Waals surface area contributed by atoms with Gasteiger partial charge in [-0.15, -0.1) is 0 Å². The molecule has 4 rings (SSSR count). The first-order valence-electron chi connectivity index (χ1n) is 13.2. The van der Waals surface area contributed by atoms with E-state index in [2.05, 4.69) is 9.80 Å². The van der Waals surface area contributed by atoms with Gasteiger partial charge in [0.25, 0.3) is 5.91 Å². The van der Waals surface area contributed by atoms with Crippen molar-refractivity contribution in [2.75, 3.05) is 39.8 Å². The number of hydrogen-bond acceptors (Lipinski definition) is 4. The van der Waals surface area contributed by atoms with Crippen LogP contribution >= 0.6 is 23.2 Å². The van der Waals surface area contributed by atoms with Crippen molar-refractivity contribution in [2.45, 2.75) is 56.2 Å². The normalized spacial score (nSPS) is 19.6. The number of halogens is 8. The third-order valence-corrected chi connectivity index (χ3v) is 9.03. The molecular formula is C28H31Cl2F6N3O2. The molecule has 1 atom stereocenters. The van der Waals surface area contributed by atoms with E-state index in [0.717, 1.165) is 39.0 Å². The van der Waals surface area contributed by atoms with Crippen LogP contribution in [0.25, 0.3) is 0 Å². The topological polar surface area (TPSA) is 47.0 Å². The fraction of sp³-hybridized carbons (Fsp3) is 0.536. The molecule has 0 spiro atoms. The number of nitrogens with zero attached hydrogens (tertiary/aromatic N) is 3. The van der Waals surface area contributed by atoms with Gasteiger partial charge in [0.15, 0.2) is 0 Å². The smallest absolute Gasteiger partial charge is 0.393 e. The minimum atomic E-state index is -5.08. The van der Waals surface area contributed by atoms with Crippen LogP contribution in [-0.2, 0) is 17.9 Å². The number of alkyl halides is 6. The van der Waals surface area contributed by atoms with Crippen LogP contribution in [-0.4, -0.2) is 77.6 Å². The van der Waals surface area contributed by atoms with Crippen molar-refractivity contribution >= 4 is 29.1 Å². The molecule has 226 valence electrons. The Bertz CT molecular complexity index is 1230. The molecule has 2 fully saturated rings. The molecule has 0 aromatic heterocycles. The van der Waals surface area contributed by atoms with Crippen LogP contribution in [0.1, 0.15) is 53.2 Å². The molecule has 1 N–H and O–H groups in total. The fourth-order valence-corrected chi connectivity index (χ4v) is 5.71. The Morgan fingerprint density at radius 2 is 1.49 bits per heavy atom. The highest BCUT2D eigenvalue weighted by Crippen LogP contribution is 2.39. The SMILES string of the molecule is CN(C(=O)c1cc(C(F)(F)F)cc(C(F)(F)F)c1)[C@@](C)(CCN1CC(N2CCC(O)CC2)C1)c1ccc(Cl)c(Cl)c1. The van der Waals surface area contributed by atoms with E-state index in [-0.39, 0.29) is 22.2 Å². The molecule has 2 aromatic rings. The summed E-state index contributed by atoms with van der Waals surface area (Å²) >= 11 is 12.4. The van der Waals surface area contributed by atoms with Gasteiger partial charge in [-0.3, -0.25) is 9.69 Å². The first-order valence-corrected chi connectivity index (χ1v) is 13.9. The molecule has 0 unspecified atom stereocenters. The second kappa shape index (κ2) is 11.9. The molecule has 13 heteroatoms. The summed E-state index contributed by atoms with van der Waals surface area (Å²) < 4.78 is 80.9. The molecule has 2 aromatic carbocycles. The molecule has 0 aliphatic carbocycles. The number of amides is 1. The average Bonchev–Trinajstić information content (AvgIpc) is 2.88. The van der Waals surface area contributed by atoms with E-state index in [0.29, 0.717) is 36.7 Å².